The van der Waals surface area contributed by atoms with Crippen LogP contribution in [-0.4, -0.2) is 29.6 Å². The molecule has 2 nitrogen and oxygen atoms in total. The fraction of sp³-hybridized carbons (Fsp3) is 0.500. The zero-order valence-corrected chi connectivity index (χ0v) is 15.0. The Morgan fingerprint density at radius 1 is 1.04 bits per heavy atom. The van der Waals surface area contributed by atoms with Crippen LogP contribution in [0.3, 0.4) is 0 Å². The van der Waals surface area contributed by atoms with E-state index in [-0.39, 0.29) is 0 Å². The third kappa shape index (κ3) is 5.20. The van der Waals surface area contributed by atoms with Crippen LogP contribution in [0.2, 0.25) is 5.02 Å². The van der Waals surface area contributed by atoms with Crippen molar-refractivity contribution in [2.75, 3.05) is 19.6 Å². The van der Waals surface area contributed by atoms with Gasteiger partial charge in [0.15, 0.2) is 0 Å². The summed E-state index contributed by atoms with van der Waals surface area (Å²) in [6.07, 6.45) is 4.27. The number of hydrogen-bond donors (Lipinski definition) is 1. The van der Waals surface area contributed by atoms with Crippen molar-refractivity contribution in [3.63, 3.8) is 0 Å². The summed E-state index contributed by atoms with van der Waals surface area (Å²) in [4.78, 5) is 2.40. The molecule has 0 saturated carbocycles. The number of aliphatic hydroxyl groups is 1. The fourth-order valence-corrected chi connectivity index (χ4v) is 3.15. The van der Waals surface area contributed by atoms with Crippen molar-refractivity contribution in [3.8, 4) is 0 Å². The topological polar surface area (TPSA) is 23.5 Å². The Kier molecular flexibility index (Phi) is 7.35. The Labute approximate surface area is 145 Å². The number of benzene rings is 2. The van der Waals surface area contributed by atoms with Gasteiger partial charge in [-0.15, -0.1) is 0 Å². The van der Waals surface area contributed by atoms with E-state index in [0.29, 0.717) is 6.54 Å². The largest absolute Gasteiger partial charge is 0.387 e. The molecule has 126 valence electrons. The van der Waals surface area contributed by atoms with E-state index in [1.54, 1.807) is 0 Å². The van der Waals surface area contributed by atoms with Crippen LogP contribution < -0.4 is 0 Å². The summed E-state index contributed by atoms with van der Waals surface area (Å²) in [6, 6.07) is 11.9. The smallest absolute Gasteiger partial charge is 0.0922 e. The molecule has 0 amide bonds. The minimum atomic E-state index is -0.464. The summed E-state index contributed by atoms with van der Waals surface area (Å²) in [6.45, 7) is 7.24. The highest BCUT2D eigenvalue weighted by Gasteiger charge is 2.15. The second-order valence-electron chi connectivity index (χ2n) is 6.24. The first-order valence-electron chi connectivity index (χ1n) is 8.74. The molecule has 0 saturated heterocycles. The molecule has 0 bridgehead atoms. The number of hydrogen-bond acceptors (Lipinski definition) is 2. The summed E-state index contributed by atoms with van der Waals surface area (Å²) in [5, 5.41) is 13.7. The average Bonchev–Trinajstić information content (AvgIpc) is 2.56. The molecule has 0 aliphatic rings. The van der Waals surface area contributed by atoms with E-state index in [4.69, 9.17) is 11.6 Å². The van der Waals surface area contributed by atoms with Crippen LogP contribution in [0.25, 0.3) is 10.8 Å². The van der Waals surface area contributed by atoms with Crippen molar-refractivity contribution in [1.82, 2.24) is 4.90 Å². The molecule has 2 rings (SSSR count). The second-order valence-corrected chi connectivity index (χ2v) is 6.67. The van der Waals surface area contributed by atoms with Gasteiger partial charge < -0.3 is 10.0 Å². The van der Waals surface area contributed by atoms with Crippen LogP contribution in [0.1, 0.15) is 51.2 Å². The highest BCUT2D eigenvalue weighted by Crippen LogP contribution is 2.27. The summed E-state index contributed by atoms with van der Waals surface area (Å²) >= 11 is 6.08. The van der Waals surface area contributed by atoms with Gasteiger partial charge in [-0.05, 0) is 54.4 Å². The first-order valence-corrected chi connectivity index (χ1v) is 9.12. The molecule has 2 aromatic carbocycles. The van der Waals surface area contributed by atoms with Crippen LogP contribution >= 0.6 is 11.6 Å². The van der Waals surface area contributed by atoms with Crippen molar-refractivity contribution < 1.29 is 5.11 Å². The minimum Gasteiger partial charge on any atom is -0.387 e. The van der Waals surface area contributed by atoms with Gasteiger partial charge >= 0.3 is 0 Å². The number of rotatable bonds is 9. The highest BCUT2D eigenvalue weighted by molar-refractivity contribution is 6.31. The van der Waals surface area contributed by atoms with E-state index in [1.165, 1.54) is 25.7 Å². The van der Waals surface area contributed by atoms with Crippen LogP contribution in [-0.2, 0) is 0 Å². The lowest BCUT2D eigenvalue weighted by Crippen LogP contribution is -2.30. The van der Waals surface area contributed by atoms with Gasteiger partial charge in [-0.25, -0.2) is 0 Å². The summed E-state index contributed by atoms with van der Waals surface area (Å²) < 4.78 is 0. The third-order valence-corrected chi connectivity index (χ3v) is 4.56. The van der Waals surface area contributed by atoms with Gasteiger partial charge in [-0.2, -0.15) is 0 Å². The molecule has 0 fully saturated rings. The van der Waals surface area contributed by atoms with Gasteiger partial charge in [0.2, 0.25) is 0 Å². The molecule has 0 heterocycles. The first-order chi connectivity index (χ1) is 11.2. The zero-order chi connectivity index (χ0) is 16.7. The fourth-order valence-electron chi connectivity index (χ4n) is 2.97. The molecular formula is C20H28ClNO. The van der Waals surface area contributed by atoms with Gasteiger partial charge in [0, 0.05) is 11.6 Å². The van der Waals surface area contributed by atoms with Crippen LogP contribution in [0.15, 0.2) is 36.4 Å². The molecule has 1 atom stereocenters. The minimum absolute atomic E-state index is 0.464. The van der Waals surface area contributed by atoms with E-state index in [1.807, 2.05) is 36.4 Å². The molecule has 2 aromatic rings. The summed E-state index contributed by atoms with van der Waals surface area (Å²) in [5.74, 6) is 0. The first kappa shape index (κ1) is 18.3. The Bertz CT molecular complexity index is 606. The molecule has 0 spiro atoms. The number of unbranched alkanes of at least 4 members (excludes halogenated alkanes) is 2. The predicted molar refractivity (Wildman–Crippen MR) is 100 cm³/mol. The van der Waals surface area contributed by atoms with E-state index in [2.05, 4.69) is 18.7 Å². The predicted octanol–water partition coefficient (Wildman–Crippen LogP) is 5.43. The molecule has 0 radical (unpaired) electrons. The Balaban J connectivity index is 2.16. The average molecular weight is 334 g/mol. The van der Waals surface area contributed by atoms with Crippen LogP contribution in [0, 0.1) is 0 Å². The maximum atomic E-state index is 10.8. The van der Waals surface area contributed by atoms with Crippen molar-refractivity contribution in [2.24, 2.45) is 0 Å². The van der Waals surface area contributed by atoms with Crippen molar-refractivity contribution >= 4 is 22.4 Å². The number of aliphatic hydroxyl groups excluding tert-OH is 1. The van der Waals surface area contributed by atoms with E-state index < -0.39 is 6.10 Å². The zero-order valence-electron chi connectivity index (χ0n) is 14.3. The lowest BCUT2D eigenvalue weighted by atomic mass is 10.00. The maximum absolute atomic E-state index is 10.8. The van der Waals surface area contributed by atoms with Crippen LogP contribution in [0.4, 0.5) is 0 Å². The Morgan fingerprint density at radius 3 is 2.39 bits per heavy atom. The number of fused-ring (bicyclic) bond motifs is 1. The maximum Gasteiger partial charge on any atom is 0.0922 e. The standard InChI is InChI=1S/C20H28ClNO/c1-3-5-12-22(13-6-4-2)15-20(23)19-9-7-8-16-14-17(21)10-11-18(16)19/h7-11,14,20,23H,3-6,12-13,15H2,1-2H3/t20-/m0/s1. The van der Waals surface area contributed by atoms with Crippen molar-refractivity contribution in [2.45, 2.75) is 45.6 Å². The normalized spacial score (nSPS) is 12.9. The summed E-state index contributed by atoms with van der Waals surface area (Å²) in [5.41, 5.74) is 0.997. The second kappa shape index (κ2) is 9.27. The monoisotopic (exact) mass is 333 g/mol. The molecule has 0 unspecified atom stereocenters. The number of nitrogens with zero attached hydrogens (tertiary/aromatic N) is 1. The highest BCUT2D eigenvalue weighted by atomic mass is 35.5. The van der Waals surface area contributed by atoms with Gasteiger partial charge in [-0.3, -0.25) is 0 Å². The summed E-state index contributed by atoms with van der Waals surface area (Å²) in [7, 11) is 0. The Hall–Kier alpha value is -1.09. The van der Waals surface area contributed by atoms with E-state index >= 15 is 0 Å². The van der Waals surface area contributed by atoms with Crippen LogP contribution in [0.5, 0.6) is 0 Å². The van der Waals surface area contributed by atoms with Crippen molar-refractivity contribution in [1.29, 1.82) is 0 Å². The van der Waals surface area contributed by atoms with Crippen molar-refractivity contribution in [3.05, 3.63) is 47.0 Å². The third-order valence-electron chi connectivity index (χ3n) is 4.32. The number of halogens is 1. The molecule has 0 aliphatic carbocycles. The lowest BCUT2D eigenvalue weighted by molar-refractivity contribution is 0.112. The van der Waals surface area contributed by atoms with E-state index in [0.717, 1.165) is 34.4 Å². The molecule has 0 aliphatic heterocycles. The molecular weight excluding hydrogens is 306 g/mol. The van der Waals surface area contributed by atoms with E-state index in [9.17, 15) is 5.11 Å². The SMILES string of the molecule is CCCCN(CCCC)C[C@H](O)c1cccc2cc(Cl)ccc12. The molecule has 0 aromatic heterocycles. The van der Waals surface area contributed by atoms with Gasteiger partial charge in [-0.1, -0.05) is 62.6 Å². The van der Waals surface area contributed by atoms with Gasteiger partial charge in [0.25, 0.3) is 0 Å². The Morgan fingerprint density at radius 2 is 1.74 bits per heavy atom. The van der Waals surface area contributed by atoms with Gasteiger partial charge in [0.05, 0.1) is 6.10 Å². The van der Waals surface area contributed by atoms with Gasteiger partial charge in [0.1, 0.15) is 0 Å². The molecule has 1 N–H and O–H groups in total. The quantitative estimate of drug-likeness (QED) is 0.661. The lowest BCUT2D eigenvalue weighted by Gasteiger charge is -2.25. The molecule has 23 heavy (non-hydrogen) atoms. The molecule has 3 heteroatoms.